The number of fused-ring (bicyclic) bond motifs is 10. The molecule has 0 amide bonds. The van der Waals surface area contributed by atoms with E-state index in [-0.39, 0.29) is 18.8 Å². The molecule has 1 spiro atoms. The number of piperidine rings is 1. The van der Waals surface area contributed by atoms with E-state index in [0.29, 0.717) is 17.5 Å². The van der Waals surface area contributed by atoms with Gasteiger partial charge in [-0.05, 0) is 211 Å². The van der Waals surface area contributed by atoms with Gasteiger partial charge in [-0.2, -0.15) is 0 Å². The van der Waals surface area contributed by atoms with Gasteiger partial charge >= 0.3 is 0 Å². The molecule has 22 rings (SSSR count). The molecule has 3 aliphatic carbocycles. The number of anilines is 10. The van der Waals surface area contributed by atoms with Crippen LogP contribution in [0.1, 0.15) is 58.4 Å². The zero-order chi connectivity index (χ0) is 69.4. The van der Waals surface area contributed by atoms with Crippen molar-refractivity contribution < 1.29 is 0 Å². The van der Waals surface area contributed by atoms with E-state index >= 15 is 0 Å². The number of hydrogen-bond acceptors (Lipinski definition) is 5. The lowest BCUT2D eigenvalue weighted by atomic mass is 9.31. The molecule has 4 nitrogen and oxygen atoms in total. The molecule has 0 aromatic heterocycles. The van der Waals surface area contributed by atoms with E-state index in [2.05, 4.69) is 362 Å². The summed E-state index contributed by atoms with van der Waals surface area (Å²) in [4.78, 5) is 13.8. The summed E-state index contributed by atoms with van der Waals surface area (Å²) in [6.45, 7) is 6.96. The van der Waals surface area contributed by atoms with Crippen molar-refractivity contribution in [1.29, 1.82) is 0 Å². The van der Waals surface area contributed by atoms with Gasteiger partial charge in [-0.1, -0.05) is 281 Å². The van der Waals surface area contributed by atoms with Crippen LogP contribution in [-0.4, -0.2) is 25.5 Å². The summed E-state index contributed by atoms with van der Waals surface area (Å²) in [7, 11) is 0. The van der Waals surface area contributed by atoms with Gasteiger partial charge < -0.3 is 19.6 Å². The molecular formula is C98H76B2N4S. The molecule has 14 aromatic rings. The third-order valence-electron chi connectivity index (χ3n) is 25.5. The van der Waals surface area contributed by atoms with E-state index in [4.69, 9.17) is 0 Å². The standard InChI is InChI=1S/C98H76B2N4S/c1-97(2,3)70-54-88-94-92(55-70)105-91-59-87-83(58-84(91)100(94)82-44-26-28-46-86(82)103(88)95-77(64-33-15-6-16-34-64)47-68(62-29-11-4-12-30-62)48-78(95)65-35-17-7-18-36-65)99-81-43-25-27-45-85(81)104(96-79(66-37-19-8-20-38-66)49-69(63-31-13-5-14-32-63)50-80(96)67-39-21-9-22-40-67)90-57-74(56-89(93(90)99)102(87)73-41-23-10-24-42-73)101-75-52-71-51-72-53-76(101)61-98(71,72)60-75/h4-50,54-59,71-72,75-76H,51-53,60-61H2,1-3H3. The Balaban J connectivity index is 0.815. The molecule has 4 fully saturated rings. The van der Waals surface area contributed by atoms with Crippen molar-refractivity contribution >= 4 is 115 Å². The largest absolute Gasteiger partial charge is 0.365 e. The van der Waals surface area contributed by atoms with Gasteiger partial charge in [-0.25, -0.2) is 0 Å². The molecule has 4 unspecified atom stereocenters. The number of benzene rings is 14. The third-order valence-corrected chi connectivity index (χ3v) is 26.6. The third kappa shape index (κ3) is 9.29. The van der Waals surface area contributed by atoms with Gasteiger partial charge in [0.05, 0.1) is 11.4 Å². The first-order valence-corrected chi connectivity index (χ1v) is 38.8. The molecule has 3 saturated carbocycles. The molecule has 3 bridgehead atoms. The highest BCUT2D eigenvalue weighted by molar-refractivity contribution is 8.00. The van der Waals surface area contributed by atoms with Crippen LogP contribution in [-0.2, 0) is 5.41 Å². The summed E-state index contributed by atoms with van der Waals surface area (Å²) < 4.78 is 0. The maximum atomic E-state index is 2.99. The lowest BCUT2D eigenvalue weighted by Gasteiger charge is -2.49. The van der Waals surface area contributed by atoms with Gasteiger partial charge in [-0.15, -0.1) is 0 Å². The van der Waals surface area contributed by atoms with Crippen LogP contribution in [0.3, 0.4) is 0 Å². The van der Waals surface area contributed by atoms with Crippen molar-refractivity contribution in [2.45, 2.75) is 80.2 Å². The molecule has 8 aliphatic rings. The van der Waals surface area contributed by atoms with Crippen molar-refractivity contribution in [3.8, 4) is 66.8 Å². The Morgan fingerprint density at radius 3 is 1.17 bits per heavy atom. The number of rotatable bonds is 10. The number of nitrogens with zero attached hydrogens (tertiary/aromatic N) is 4. The average molecular weight is 1360 g/mol. The van der Waals surface area contributed by atoms with Crippen molar-refractivity contribution in [3.05, 3.63) is 327 Å². The summed E-state index contributed by atoms with van der Waals surface area (Å²) >= 11 is 1.99. The summed E-state index contributed by atoms with van der Waals surface area (Å²) in [5, 5.41) is 0. The fourth-order valence-electron chi connectivity index (χ4n) is 21.0. The Hall–Kier alpha value is -11.2. The van der Waals surface area contributed by atoms with Crippen LogP contribution in [0.2, 0.25) is 0 Å². The number of para-hydroxylation sites is 3. The molecule has 500 valence electrons. The fourth-order valence-corrected chi connectivity index (χ4v) is 22.2. The highest BCUT2D eigenvalue weighted by Gasteiger charge is 2.69. The highest BCUT2D eigenvalue weighted by Crippen LogP contribution is 2.73. The average Bonchev–Trinajstić information content (AvgIpc) is 1.67. The summed E-state index contributed by atoms with van der Waals surface area (Å²) in [5.41, 5.74) is 36.3. The second-order valence-electron chi connectivity index (χ2n) is 31.9. The molecule has 4 atom stereocenters. The molecular weight excluding hydrogens is 1290 g/mol. The fraction of sp³-hybridized carbons (Fsp3) is 0.143. The highest BCUT2D eigenvalue weighted by atomic mass is 32.2. The molecule has 14 aromatic carbocycles. The molecule has 7 heteroatoms. The van der Waals surface area contributed by atoms with Gasteiger partial charge in [0.2, 0.25) is 6.71 Å². The smallest absolute Gasteiger partial charge is 0.252 e. The van der Waals surface area contributed by atoms with E-state index < -0.39 is 0 Å². The Kier molecular flexibility index (Phi) is 13.6. The normalized spacial score (nSPS) is 19.3. The monoisotopic (exact) mass is 1360 g/mol. The van der Waals surface area contributed by atoms with E-state index in [0.717, 1.165) is 11.8 Å². The second-order valence-corrected chi connectivity index (χ2v) is 33.0. The lowest BCUT2D eigenvalue weighted by molar-refractivity contribution is 0.00224. The molecule has 105 heavy (non-hydrogen) atoms. The SMILES string of the molecule is CC(C)(C)c1cc2c3c(c1)N(c1c(-c4ccccc4)cc(-c4ccccc4)cc1-c1ccccc1)c1ccccc1B3c1cc3c(cc1S2)N(c1ccccc1)c1cc(N2C4CC5CC6CC2CC56C4)cc2c1B3c1ccccc1N2c1c(-c2ccccc2)cc(-c2ccccc2)cc1-c1ccccc1. The van der Waals surface area contributed by atoms with Crippen LogP contribution >= 0.6 is 11.8 Å². The molecule has 5 aliphatic heterocycles. The zero-order valence-corrected chi connectivity index (χ0v) is 60.1. The molecule has 5 heterocycles. The lowest BCUT2D eigenvalue weighted by Crippen LogP contribution is -2.64. The van der Waals surface area contributed by atoms with Crippen LogP contribution in [0.4, 0.5) is 56.9 Å². The van der Waals surface area contributed by atoms with Gasteiger partial charge in [-0.3, -0.25) is 0 Å². The minimum absolute atomic E-state index is 0.0917. The van der Waals surface area contributed by atoms with Crippen molar-refractivity contribution in [3.63, 3.8) is 0 Å². The first-order chi connectivity index (χ1) is 51.7. The van der Waals surface area contributed by atoms with Crippen LogP contribution in [0.5, 0.6) is 0 Å². The number of hydrogen-bond donors (Lipinski definition) is 0. The summed E-state index contributed by atoms with van der Waals surface area (Å²) in [6, 6.07) is 124. The minimum atomic E-state index is -0.172. The van der Waals surface area contributed by atoms with Crippen molar-refractivity contribution in [1.82, 2.24) is 0 Å². The van der Waals surface area contributed by atoms with Gasteiger partial charge in [0.25, 0.3) is 6.71 Å². The Labute approximate surface area is 621 Å². The van der Waals surface area contributed by atoms with Crippen LogP contribution in [0.15, 0.2) is 331 Å². The van der Waals surface area contributed by atoms with E-state index in [9.17, 15) is 0 Å². The molecule has 0 radical (unpaired) electrons. The van der Waals surface area contributed by atoms with E-state index in [1.54, 1.807) is 0 Å². The van der Waals surface area contributed by atoms with Crippen molar-refractivity contribution in [2.75, 3.05) is 19.6 Å². The van der Waals surface area contributed by atoms with Crippen LogP contribution < -0.4 is 52.4 Å². The van der Waals surface area contributed by atoms with E-state index in [1.165, 1.54) is 204 Å². The van der Waals surface area contributed by atoms with Gasteiger partial charge in [0.15, 0.2) is 0 Å². The van der Waals surface area contributed by atoms with Crippen LogP contribution in [0, 0.1) is 17.3 Å². The maximum Gasteiger partial charge on any atom is 0.252 e. The summed E-state index contributed by atoms with van der Waals surface area (Å²) in [5.74, 6) is 1.69. The Bertz CT molecular complexity index is 5700. The minimum Gasteiger partial charge on any atom is -0.365 e. The Morgan fingerprint density at radius 2 is 0.714 bits per heavy atom. The topological polar surface area (TPSA) is 13.0 Å². The Morgan fingerprint density at radius 1 is 0.314 bits per heavy atom. The molecule has 1 saturated heterocycles. The second kappa shape index (κ2) is 23.4. The maximum absolute atomic E-state index is 2.99. The van der Waals surface area contributed by atoms with Crippen molar-refractivity contribution in [2.24, 2.45) is 17.3 Å². The van der Waals surface area contributed by atoms with E-state index in [1.807, 2.05) is 11.8 Å². The first kappa shape index (κ1) is 61.3. The zero-order valence-electron chi connectivity index (χ0n) is 59.3. The quantitative estimate of drug-likeness (QED) is 0.126. The predicted molar refractivity (Wildman–Crippen MR) is 444 cm³/mol. The van der Waals surface area contributed by atoms with Gasteiger partial charge in [0.1, 0.15) is 0 Å². The van der Waals surface area contributed by atoms with Crippen LogP contribution in [0.25, 0.3) is 66.8 Å². The first-order valence-electron chi connectivity index (χ1n) is 38.0. The molecule has 0 N–H and O–H groups in total. The summed E-state index contributed by atoms with van der Waals surface area (Å²) in [6.07, 6.45) is 6.65. The van der Waals surface area contributed by atoms with Gasteiger partial charge in [0, 0.05) is 89.6 Å². The predicted octanol–water partition coefficient (Wildman–Crippen LogP) is 21.6.